The molecular formula is C27H29F3N4O2. The van der Waals surface area contributed by atoms with Crippen LogP contribution in [0.4, 0.5) is 13.2 Å². The molecule has 0 spiro atoms. The number of aromatic nitrogens is 2. The van der Waals surface area contributed by atoms with Crippen LogP contribution in [-0.4, -0.2) is 58.8 Å². The molecular weight excluding hydrogens is 469 g/mol. The molecule has 3 aromatic rings. The second-order valence-electron chi connectivity index (χ2n) is 9.37. The second-order valence-corrected chi connectivity index (χ2v) is 9.37. The van der Waals surface area contributed by atoms with Crippen molar-refractivity contribution in [1.29, 1.82) is 0 Å². The smallest absolute Gasteiger partial charge is 0.379 e. The number of hydrogen-bond acceptors (Lipinski definition) is 4. The van der Waals surface area contributed by atoms with Gasteiger partial charge in [0.15, 0.2) is 0 Å². The number of nitrogens with zero attached hydrogens (tertiary/aromatic N) is 3. The average molecular weight is 499 g/mol. The van der Waals surface area contributed by atoms with Crippen molar-refractivity contribution in [1.82, 2.24) is 20.0 Å². The zero-order valence-corrected chi connectivity index (χ0v) is 19.9. The summed E-state index contributed by atoms with van der Waals surface area (Å²) in [5.41, 5.74) is 3.20. The van der Waals surface area contributed by atoms with E-state index in [2.05, 4.69) is 15.1 Å². The SMILES string of the molecule is O=C(c1ccc(CN2CCOCC2)cc1)N1CCCC[C@H]1c1[nH]ncc1-c1ccc(C(F)(F)F)cc1. The number of H-pyrrole nitrogens is 1. The molecule has 2 aromatic carbocycles. The number of carbonyl (C=O) groups is 1. The molecule has 1 N–H and O–H groups in total. The maximum absolute atomic E-state index is 13.5. The Morgan fingerprint density at radius 2 is 1.72 bits per heavy atom. The van der Waals surface area contributed by atoms with E-state index >= 15 is 0 Å². The van der Waals surface area contributed by atoms with E-state index in [1.807, 2.05) is 29.2 Å². The molecule has 190 valence electrons. The summed E-state index contributed by atoms with van der Waals surface area (Å²) in [6, 6.07) is 12.6. The summed E-state index contributed by atoms with van der Waals surface area (Å²) in [6.07, 6.45) is -0.145. The minimum absolute atomic E-state index is 0.0504. The maximum atomic E-state index is 13.5. The third-order valence-corrected chi connectivity index (χ3v) is 7.00. The van der Waals surface area contributed by atoms with Crippen molar-refractivity contribution in [2.45, 2.75) is 38.0 Å². The summed E-state index contributed by atoms with van der Waals surface area (Å²) >= 11 is 0. The van der Waals surface area contributed by atoms with Crippen molar-refractivity contribution >= 4 is 5.91 Å². The highest BCUT2D eigenvalue weighted by Gasteiger charge is 2.33. The molecule has 2 saturated heterocycles. The number of likely N-dealkylation sites (tertiary alicyclic amines) is 1. The van der Waals surface area contributed by atoms with Crippen LogP contribution in [-0.2, 0) is 17.5 Å². The molecule has 2 aliphatic rings. The monoisotopic (exact) mass is 498 g/mol. The first-order valence-corrected chi connectivity index (χ1v) is 12.3. The number of nitrogens with one attached hydrogen (secondary N) is 1. The van der Waals surface area contributed by atoms with Crippen molar-refractivity contribution < 1.29 is 22.7 Å². The first-order chi connectivity index (χ1) is 17.4. The number of ether oxygens (including phenoxy) is 1. The van der Waals surface area contributed by atoms with Gasteiger partial charge in [-0.05, 0) is 54.7 Å². The lowest BCUT2D eigenvalue weighted by Crippen LogP contribution is -2.39. The highest BCUT2D eigenvalue weighted by atomic mass is 19.4. The van der Waals surface area contributed by atoms with Crippen molar-refractivity contribution in [3.8, 4) is 11.1 Å². The Balaban J connectivity index is 1.34. The molecule has 9 heteroatoms. The van der Waals surface area contributed by atoms with Crippen LogP contribution in [0.5, 0.6) is 0 Å². The molecule has 1 amide bonds. The lowest BCUT2D eigenvalue weighted by atomic mass is 9.93. The average Bonchev–Trinajstić information content (AvgIpc) is 3.39. The van der Waals surface area contributed by atoms with Crippen LogP contribution in [0.3, 0.4) is 0 Å². The fourth-order valence-electron chi connectivity index (χ4n) is 5.03. The molecule has 36 heavy (non-hydrogen) atoms. The summed E-state index contributed by atoms with van der Waals surface area (Å²) in [5.74, 6) is -0.0504. The second kappa shape index (κ2) is 10.4. The third kappa shape index (κ3) is 5.32. The predicted molar refractivity (Wildman–Crippen MR) is 129 cm³/mol. The Morgan fingerprint density at radius 1 is 1.00 bits per heavy atom. The van der Waals surface area contributed by atoms with Gasteiger partial charge >= 0.3 is 6.18 Å². The number of halogens is 3. The van der Waals surface area contributed by atoms with Gasteiger partial charge < -0.3 is 9.64 Å². The molecule has 2 aliphatic heterocycles. The van der Waals surface area contributed by atoms with Crippen LogP contribution >= 0.6 is 0 Å². The normalized spacial score (nSPS) is 19.4. The molecule has 6 nitrogen and oxygen atoms in total. The zero-order valence-electron chi connectivity index (χ0n) is 19.9. The maximum Gasteiger partial charge on any atom is 0.416 e. The number of amides is 1. The molecule has 0 unspecified atom stereocenters. The van der Waals surface area contributed by atoms with Crippen LogP contribution in [0.25, 0.3) is 11.1 Å². The van der Waals surface area contributed by atoms with Crippen LogP contribution < -0.4 is 0 Å². The number of aromatic amines is 1. The van der Waals surface area contributed by atoms with E-state index in [0.29, 0.717) is 23.2 Å². The van der Waals surface area contributed by atoms with E-state index < -0.39 is 11.7 Å². The first-order valence-electron chi connectivity index (χ1n) is 12.3. The van der Waals surface area contributed by atoms with Crippen molar-refractivity contribution in [3.05, 3.63) is 77.1 Å². The molecule has 5 rings (SSSR count). The number of rotatable bonds is 5. The number of alkyl halides is 3. The van der Waals surface area contributed by atoms with E-state index in [0.717, 1.165) is 75.5 Å². The standard InChI is InChI=1S/C27H29F3N4O2/c28-27(29,30)22-10-8-20(9-11-22)23-17-31-32-25(23)24-3-1-2-12-34(24)26(35)21-6-4-19(5-7-21)18-33-13-15-36-16-14-33/h4-11,17,24H,1-3,12-16,18H2,(H,31,32)/t24-/m0/s1. The van der Waals surface area contributed by atoms with Gasteiger partial charge in [-0.3, -0.25) is 14.8 Å². The van der Waals surface area contributed by atoms with E-state index in [1.165, 1.54) is 12.1 Å². The highest BCUT2D eigenvalue weighted by Crippen LogP contribution is 2.37. The van der Waals surface area contributed by atoms with Crippen LogP contribution in [0.2, 0.25) is 0 Å². The Kier molecular flexibility index (Phi) is 7.11. The van der Waals surface area contributed by atoms with E-state index in [1.54, 1.807) is 6.20 Å². The lowest BCUT2D eigenvalue weighted by molar-refractivity contribution is -0.137. The van der Waals surface area contributed by atoms with Gasteiger partial charge in [0, 0.05) is 37.3 Å². The third-order valence-electron chi connectivity index (χ3n) is 7.00. The molecule has 1 aromatic heterocycles. The number of hydrogen-bond donors (Lipinski definition) is 1. The van der Waals surface area contributed by atoms with Crippen molar-refractivity contribution in [3.63, 3.8) is 0 Å². The van der Waals surface area contributed by atoms with Gasteiger partial charge in [0.25, 0.3) is 5.91 Å². The van der Waals surface area contributed by atoms with Gasteiger partial charge in [-0.2, -0.15) is 18.3 Å². The summed E-state index contributed by atoms with van der Waals surface area (Å²) in [7, 11) is 0. The highest BCUT2D eigenvalue weighted by molar-refractivity contribution is 5.94. The Morgan fingerprint density at radius 3 is 2.42 bits per heavy atom. The fraction of sp³-hybridized carbons (Fsp3) is 0.407. The molecule has 0 saturated carbocycles. The Bertz CT molecular complexity index is 1170. The van der Waals surface area contributed by atoms with Crippen molar-refractivity contribution in [2.75, 3.05) is 32.8 Å². The molecule has 2 fully saturated rings. The van der Waals surface area contributed by atoms with Gasteiger partial charge in [0.05, 0.1) is 36.7 Å². The molecule has 1 atom stereocenters. The minimum atomic E-state index is -4.39. The summed E-state index contributed by atoms with van der Waals surface area (Å²) in [5, 5.41) is 7.21. The van der Waals surface area contributed by atoms with Gasteiger partial charge in [0.1, 0.15) is 0 Å². The van der Waals surface area contributed by atoms with Gasteiger partial charge in [-0.1, -0.05) is 24.3 Å². The molecule has 0 bridgehead atoms. The Hall–Kier alpha value is -3.17. The van der Waals surface area contributed by atoms with Crippen LogP contribution in [0.1, 0.15) is 52.5 Å². The van der Waals surface area contributed by atoms with E-state index in [4.69, 9.17) is 4.74 Å². The predicted octanol–water partition coefficient (Wildman–Crippen LogP) is 5.30. The largest absolute Gasteiger partial charge is 0.416 e. The number of benzene rings is 2. The first kappa shape index (κ1) is 24.5. The molecule has 3 heterocycles. The van der Waals surface area contributed by atoms with Gasteiger partial charge in [-0.25, -0.2) is 0 Å². The Labute approximate surface area is 208 Å². The topological polar surface area (TPSA) is 61.5 Å². The van der Waals surface area contributed by atoms with E-state index in [-0.39, 0.29) is 11.9 Å². The van der Waals surface area contributed by atoms with Crippen LogP contribution in [0, 0.1) is 0 Å². The summed E-state index contributed by atoms with van der Waals surface area (Å²) in [4.78, 5) is 17.7. The number of carbonyl (C=O) groups excluding carboxylic acids is 1. The zero-order chi connectivity index (χ0) is 25.1. The molecule has 0 radical (unpaired) electrons. The lowest BCUT2D eigenvalue weighted by Gasteiger charge is -2.36. The van der Waals surface area contributed by atoms with E-state index in [9.17, 15) is 18.0 Å². The van der Waals surface area contributed by atoms with Crippen LogP contribution in [0.15, 0.2) is 54.7 Å². The fourth-order valence-corrected chi connectivity index (χ4v) is 5.03. The quantitative estimate of drug-likeness (QED) is 0.519. The van der Waals surface area contributed by atoms with Gasteiger partial charge in [-0.15, -0.1) is 0 Å². The minimum Gasteiger partial charge on any atom is -0.379 e. The summed E-state index contributed by atoms with van der Waals surface area (Å²) in [6.45, 7) is 4.74. The summed E-state index contributed by atoms with van der Waals surface area (Å²) < 4.78 is 44.4. The molecule has 0 aliphatic carbocycles. The number of piperidine rings is 1. The number of morpholine rings is 1. The van der Waals surface area contributed by atoms with Gasteiger partial charge in [0.2, 0.25) is 0 Å². The van der Waals surface area contributed by atoms with Crippen molar-refractivity contribution in [2.24, 2.45) is 0 Å².